The topological polar surface area (TPSA) is 66.8 Å². The van der Waals surface area contributed by atoms with Crippen LogP contribution in [0.1, 0.15) is 24.0 Å². The van der Waals surface area contributed by atoms with Gasteiger partial charge in [0.15, 0.2) is 11.5 Å². The van der Waals surface area contributed by atoms with Crippen molar-refractivity contribution in [2.24, 2.45) is 0 Å². The van der Waals surface area contributed by atoms with E-state index in [9.17, 15) is 15.0 Å². The smallest absolute Gasteiger partial charge is 0.314 e. The first-order valence-corrected chi connectivity index (χ1v) is 5.62. The molecule has 17 heavy (non-hydrogen) atoms. The summed E-state index contributed by atoms with van der Waals surface area (Å²) in [5, 5.41) is 19.1. The van der Waals surface area contributed by atoms with Gasteiger partial charge in [-0.1, -0.05) is 11.6 Å². The number of carboxylic acid groups (broad SMARTS) is 1. The van der Waals surface area contributed by atoms with Crippen molar-refractivity contribution in [3.05, 3.63) is 22.2 Å². The number of halogens is 1. The molecule has 0 radical (unpaired) electrons. The molecule has 2 rings (SSSR count). The first-order valence-electron chi connectivity index (χ1n) is 5.24. The van der Waals surface area contributed by atoms with Crippen LogP contribution in [0.2, 0.25) is 5.02 Å². The fourth-order valence-electron chi connectivity index (χ4n) is 2.22. The van der Waals surface area contributed by atoms with Crippen LogP contribution in [0.3, 0.4) is 0 Å². The van der Waals surface area contributed by atoms with Gasteiger partial charge in [0.1, 0.15) is 0 Å². The average molecular weight is 257 g/mol. The fourth-order valence-corrected chi connectivity index (χ4v) is 2.72. The summed E-state index contributed by atoms with van der Waals surface area (Å²) in [6.07, 6.45) is 1.13. The number of rotatable bonds is 3. The zero-order chi connectivity index (χ0) is 12.8. The van der Waals surface area contributed by atoms with Crippen molar-refractivity contribution < 1.29 is 19.7 Å². The SMILES string of the molecule is COc1c(O)cc(C)c(C2(C(=O)O)CC2)c1Cl. The van der Waals surface area contributed by atoms with Crippen molar-refractivity contribution in [3.8, 4) is 11.5 Å². The summed E-state index contributed by atoms with van der Waals surface area (Å²) in [6.45, 7) is 1.74. The molecule has 0 unspecified atom stereocenters. The van der Waals surface area contributed by atoms with E-state index in [1.54, 1.807) is 6.92 Å². The fraction of sp³-hybridized carbons (Fsp3) is 0.417. The molecular formula is C12H13ClO4. The molecule has 1 aliphatic carbocycles. The van der Waals surface area contributed by atoms with E-state index in [4.69, 9.17) is 16.3 Å². The van der Waals surface area contributed by atoms with Gasteiger partial charge in [-0.2, -0.15) is 0 Å². The lowest BCUT2D eigenvalue weighted by Crippen LogP contribution is -2.21. The van der Waals surface area contributed by atoms with Crippen LogP contribution in [0.5, 0.6) is 11.5 Å². The molecule has 5 heteroatoms. The maximum Gasteiger partial charge on any atom is 0.314 e. The van der Waals surface area contributed by atoms with Crippen molar-refractivity contribution in [1.29, 1.82) is 0 Å². The van der Waals surface area contributed by atoms with Crippen LogP contribution in [0.15, 0.2) is 6.07 Å². The maximum atomic E-state index is 11.3. The van der Waals surface area contributed by atoms with Crippen LogP contribution in [0.25, 0.3) is 0 Å². The minimum absolute atomic E-state index is 0.0695. The monoisotopic (exact) mass is 256 g/mol. The summed E-state index contributed by atoms with van der Waals surface area (Å²) in [5.41, 5.74) is 0.330. The van der Waals surface area contributed by atoms with Crippen molar-refractivity contribution in [3.63, 3.8) is 0 Å². The molecule has 1 saturated carbocycles. The Labute approximate surface area is 104 Å². The highest BCUT2D eigenvalue weighted by molar-refractivity contribution is 6.33. The van der Waals surface area contributed by atoms with Crippen molar-refractivity contribution in [2.45, 2.75) is 25.2 Å². The van der Waals surface area contributed by atoms with Gasteiger partial charge in [-0.25, -0.2) is 0 Å². The summed E-state index contributed by atoms with van der Waals surface area (Å²) >= 11 is 6.14. The number of aryl methyl sites for hydroxylation is 1. The first-order chi connectivity index (χ1) is 7.94. The van der Waals surface area contributed by atoms with E-state index in [1.165, 1.54) is 13.2 Å². The predicted molar refractivity (Wildman–Crippen MR) is 63.0 cm³/mol. The number of ether oxygens (including phenoxy) is 1. The molecule has 0 atom stereocenters. The van der Waals surface area contributed by atoms with Crippen molar-refractivity contribution in [1.82, 2.24) is 0 Å². The lowest BCUT2D eigenvalue weighted by Gasteiger charge is -2.18. The second-order valence-electron chi connectivity index (χ2n) is 4.32. The Balaban J connectivity index is 2.66. The number of aliphatic carboxylic acids is 1. The van der Waals surface area contributed by atoms with Crippen molar-refractivity contribution >= 4 is 17.6 Å². The summed E-state index contributed by atoms with van der Waals surface area (Å²) in [4.78, 5) is 11.3. The van der Waals surface area contributed by atoms with Gasteiger partial charge >= 0.3 is 5.97 Å². The van der Waals surface area contributed by atoms with Crippen LogP contribution in [0, 0.1) is 6.92 Å². The van der Waals surface area contributed by atoms with Crippen LogP contribution in [-0.4, -0.2) is 23.3 Å². The quantitative estimate of drug-likeness (QED) is 0.872. The zero-order valence-corrected chi connectivity index (χ0v) is 10.3. The van der Waals surface area contributed by atoms with Gasteiger partial charge < -0.3 is 14.9 Å². The molecule has 0 amide bonds. The number of methoxy groups -OCH3 is 1. The third-order valence-electron chi connectivity index (χ3n) is 3.24. The third-order valence-corrected chi connectivity index (χ3v) is 3.60. The van der Waals surface area contributed by atoms with E-state index < -0.39 is 11.4 Å². The van der Waals surface area contributed by atoms with Gasteiger partial charge in [0, 0.05) is 0 Å². The highest BCUT2D eigenvalue weighted by Gasteiger charge is 2.54. The molecule has 0 spiro atoms. The lowest BCUT2D eigenvalue weighted by atomic mass is 9.91. The Morgan fingerprint density at radius 3 is 2.53 bits per heavy atom. The second-order valence-corrected chi connectivity index (χ2v) is 4.70. The van der Waals surface area contributed by atoms with Crippen LogP contribution in [-0.2, 0) is 10.2 Å². The molecule has 92 valence electrons. The van der Waals surface area contributed by atoms with E-state index in [1.807, 2.05) is 0 Å². The number of phenols is 1. The van der Waals surface area contributed by atoms with E-state index in [2.05, 4.69) is 0 Å². The van der Waals surface area contributed by atoms with Crippen LogP contribution >= 0.6 is 11.6 Å². The number of benzene rings is 1. The summed E-state index contributed by atoms with van der Waals surface area (Å²) in [7, 11) is 1.39. The van der Waals surface area contributed by atoms with Crippen LogP contribution < -0.4 is 4.74 Å². The molecule has 0 saturated heterocycles. The largest absolute Gasteiger partial charge is 0.504 e. The Morgan fingerprint density at radius 2 is 2.12 bits per heavy atom. The second kappa shape index (κ2) is 3.81. The third kappa shape index (κ3) is 1.63. The number of carbonyl (C=O) groups is 1. The molecule has 0 bridgehead atoms. The molecule has 1 fully saturated rings. The normalized spacial score (nSPS) is 16.6. The van der Waals surface area contributed by atoms with Crippen LogP contribution in [0.4, 0.5) is 0 Å². The lowest BCUT2D eigenvalue weighted by molar-refractivity contribution is -0.140. The molecule has 0 aliphatic heterocycles. The van der Waals surface area contributed by atoms with E-state index in [0.29, 0.717) is 24.0 Å². The molecular weight excluding hydrogens is 244 g/mol. The van der Waals surface area contributed by atoms with E-state index in [0.717, 1.165) is 0 Å². The van der Waals surface area contributed by atoms with Gasteiger partial charge in [-0.3, -0.25) is 4.79 Å². The number of hydrogen-bond donors (Lipinski definition) is 2. The summed E-state index contributed by atoms with van der Waals surface area (Å²) in [6, 6.07) is 1.49. The Bertz CT molecular complexity index is 492. The minimum Gasteiger partial charge on any atom is -0.504 e. The van der Waals surface area contributed by atoms with Gasteiger partial charge in [0.05, 0.1) is 17.5 Å². The molecule has 2 N–H and O–H groups in total. The Kier molecular flexibility index (Phi) is 2.70. The molecule has 1 aromatic carbocycles. The molecule has 1 aromatic rings. The molecule has 0 aromatic heterocycles. The summed E-state index contributed by atoms with van der Waals surface area (Å²) in [5.74, 6) is -0.810. The number of hydrogen-bond acceptors (Lipinski definition) is 3. The number of carboxylic acids is 1. The maximum absolute atomic E-state index is 11.3. The number of aromatic hydroxyl groups is 1. The molecule has 1 aliphatic rings. The molecule has 4 nitrogen and oxygen atoms in total. The van der Waals surface area contributed by atoms with Gasteiger partial charge in [0.2, 0.25) is 0 Å². The highest BCUT2D eigenvalue weighted by Crippen LogP contribution is 2.55. The zero-order valence-electron chi connectivity index (χ0n) is 9.58. The Morgan fingerprint density at radius 1 is 1.53 bits per heavy atom. The van der Waals surface area contributed by atoms with E-state index >= 15 is 0 Å². The highest BCUT2D eigenvalue weighted by atomic mass is 35.5. The first kappa shape index (κ1) is 12.0. The predicted octanol–water partition coefficient (Wildman–Crippen LogP) is 2.48. The number of phenolic OH excluding ortho intramolecular Hbond substituents is 1. The van der Waals surface area contributed by atoms with Crippen molar-refractivity contribution in [2.75, 3.05) is 7.11 Å². The Hall–Kier alpha value is -1.42. The van der Waals surface area contributed by atoms with Gasteiger partial charge in [-0.05, 0) is 37.0 Å². The minimum atomic E-state index is -0.901. The van der Waals surface area contributed by atoms with Gasteiger partial charge in [0.25, 0.3) is 0 Å². The van der Waals surface area contributed by atoms with E-state index in [-0.39, 0.29) is 16.5 Å². The average Bonchev–Trinajstić information content (AvgIpc) is 2.98. The molecule has 0 heterocycles. The summed E-state index contributed by atoms with van der Waals surface area (Å²) < 4.78 is 5.00. The standard InChI is InChI=1S/C12H13ClO4/c1-6-5-7(14)10(17-2)9(13)8(6)12(3-4-12)11(15)16/h5,14H,3-4H2,1-2H3,(H,15,16). The van der Waals surface area contributed by atoms with Gasteiger partial charge in [-0.15, -0.1) is 0 Å².